The zero-order valence-corrected chi connectivity index (χ0v) is 38.6. The molecule has 0 N–H and O–H groups in total. The number of hydrogen-bond acceptors (Lipinski definition) is 3. The number of benzene rings is 7. The van der Waals surface area contributed by atoms with Gasteiger partial charge in [0.1, 0.15) is 5.58 Å². The van der Waals surface area contributed by atoms with Crippen molar-refractivity contribution in [2.45, 2.75) is 66.7 Å². The molecule has 0 fully saturated rings. The van der Waals surface area contributed by atoms with E-state index in [1.807, 2.05) is 69.4 Å². The first-order chi connectivity index (χ1) is 30.3. The van der Waals surface area contributed by atoms with Gasteiger partial charge in [-0.05, 0) is 85.4 Å². The molecule has 3 aromatic heterocycles. The second kappa shape index (κ2) is 17.7. The molecule has 10 rings (SSSR count). The van der Waals surface area contributed by atoms with Gasteiger partial charge in [0.05, 0.1) is 11.4 Å². The summed E-state index contributed by atoms with van der Waals surface area (Å²) in [6.45, 7) is 14.8. The third-order valence-electron chi connectivity index (χ3n) is 11.2. The van der Waals surface area contributed by atoms with Gasteiger partial charge in [-0.2, -0.15) is 0 Å². The Balaban J connectivity index is 0.000000236. The SMILES string of the molecule is CC(C)c1cc(-c2ccccc2)cc(C(C)C)c1-n1ccnc1-c1[c-]ccc2c1oc1c3ccccc3c3ccccc3c21.[2H]C([2H])(c1ccc(-c2[c-]cccc2)nc1)C(C)(C)C.[Ir]. The van der Waals surface area contributed by atoms with E-state index in [4.69, 9.17) is 12.1 Å². The number of imidazole rings is 1. The van der Waals surface area contributed by atoms with E-state index >= 15 is 0 Å². The molecule has 62 heavy (non-hydrogen) atoms. The number of aromatic nitrogens is 3. The van der Waals surface area contributed by atoms with Crippen LogP contribution in [0.3, 0.4) is 0 Å². The molecule has 0 saturated carbocycles. The van der Waals surface area contributed by atoms with E-state index in [0.717, 1.165) is 50.0 Å². The van der Waals surface area contributed by atoms with Crippen LogP contribution in [0.15, 0.2) is 163 Å². The number of rotatable bonds is 7. The van der Waals surface area contributed by atoms with E-state index in [-0.39, 0.29) is 20.1 Å². The first-order valence-corrected chi connectivity index (χ1v) is 21.2. The Morgan fingerprint density at radius 3 is 1.92 bits per heavy atom. The molecular weight excluding hydrogens is 935 g/mol. The van der Waals surface area contributed by atoms with Gasteiger partial charge in [0, 0.05) is 57.9 Å². The van der Waals surface area contributed by atoms with Crippen LogP contribution in [0.25, 0.3) is 82.9 Å². The van der Waals surface area contributed by atoms with Crippen LogP contribution in [0.1, 0.15) is 79.7 Å². The number of nitrogens with zero attached hydrogens (tertiary/aromatic N) is 3. The molecule has 0 atom stereocenters. The number of fused-ring (bicyclic) bond motifs is 8. The van der Waals surface area contributed by atoms with Crippen LogP contribution < -0.4 is 0 Å². The molecule has 0 bridgehead atoms. The number of hydrogen-bond donors (Lipinski definition) is 0. The predicted octanol–water partition coefficient (Wildman–Crippen LogP) is 15.6. The average Bonchev–Trinajstić information content (AvgIpc) is 3.95. The van der Waals surface area contributed by atoms with E-state index in [1.165, 1.54) is 44.1 Å². The topological polar surface area (TPSA) is 43.9 Å². The van der Waals surface area contributed by atoms with E-state index in [2.05, 4.69) is 153 Å². The molecular formula is C57H51IrN3O-2. The van der Waals surface area contributed by atoms with E-state index in [0.29, 0.717) is 17.4 Å². The Hall–Kier alpha value is -6.13. The molecule has 5 heteroatoms. The van der Waals surface area contributed by atoms with Crippen LogP contribution in [0, 0.1) is 17.5 Å². The molecule has 0 saturated heterocycles. The summed E-state index contributed by atoms with van der Waals surface area (Å²) in [6.07, 6.45) is 4.21. The largest absolute Gasteiger partial charge is 0.500 e. The normalized spacial score (nSPS) is 12.4. The van der Waals surface area contributed by atoms with Gasteiger partial charge in [0.15, 0.2) is 0 Å². The Bertz CT molecular complexity index is 3210. The molecule has 3 heterocycles. The average molecular weight is 988 g/mol. The fourth-order valence-corrected chi connectivity index (χ4v) is 8.46. The Kier molecular flexibility index (Phi) is 11.4. The Labute approximate surface area is 381 Å². The fraction of sp³-hybridized carbons (Fsp3) is 0.193. The van der Waals surface area contributed by atoms with Gasteiger partial charge >= 0.3 is 0 Å². The molecule has 311 valence electrons. The van der Waals surface area contributed by atoms with Gasteiger partial charge in [0.25, 0.3) is 0 Å². The van der Waals surface area contributed by atoms with Crippen LogP contribution in [0.2, 0.25) is 0 Å². The predicted molar refractivity (Wildman–Crippen MR) is 255 cm³/mol. The van der Waals surface area contributed by atoms with Crippen molar-refractivity contribution in [1.29, 1.82) is 0 Å². The Morgan fingerprint density at radius 1 is 0.645 bits per heavy atom. The minimum atomic E-state index is -1.40. The van der Waals surface area contributed by atoms with Gasteiger partial charge in [-0.15, -0.1) is 54.1 Å². The molecule has 0 spiro atoms. The van der Waals surface area contributed by atoms with Crippen molar-refractivity contribution >= 4 is 43.5 Å². The summed E-state index contributed by atoms with van der Waals surface area (Å²) in [5, 5.41) is 6.96. The Morgan fingerprint density at radius 2 is 1.29 bits per heavy atom. The van der Waals surface area contributed by atoms with Gasteiger partial charge in [0.2, 0.25) is 0 Å². The zero-order chi connectivity index (χ0) is 44.0. The quantitative estimate of drug-likeness (QED) is 0.118. The maximum atomic E-state index is 8.21. The van der Waals surface area contributed by atoms with Crippen molar-refractivity contribution in [3.63, 3.8) is 0 Å². The smallest absolute Gasteiger partial charge is 0.129 e. The molecule has 4 nitrogen and oxygen atoms in total. The van der Waals surface area contributed by atoms with Crippen LogP contribution in [0.4, 0.5) is 0 Å². The molecule has 0 aliphatic rings. The first-order valence-electron chi connectivity index (χ1n) is 22.2. The van der Waals surface area contributed by atoms with E-state index in [9.17, 15) is 0 Å². The van der Waals surface area contributed by atoms with Crippen molar-refractivity contribution in [2.75, 3.05) is 0 Å². The molecule has 0 unspecified atom stereocenters. The molecule has 10 aromatic rings. The van der Waals surface area contributed by atoms with Crippen LogP contribution >= 0.6 is 0 Å². The summed E-state index contributed by atoms with van der Waals surface area (Å²) < 4.78 is 25.6. The van der Waals surface area contributed by atoms with Crippen molar-refractivity contribution in [3.8, 4) is 39.5 Å². The molecule has 0 amide bonds. The minimum Gasteiger partial charge on any atom is -0.500 e. The standard InChI is InChI=1S/C41H33N2O.C16H18N.Ir/c1-25(2)35-23-28(27-13-6-5-7-14-27)24-36(26(3)4)38(35)43-22-21-42-41(43)34-20-12-19-33-37-31-17-10-8-15-29(31)30-16-9-11-18-32(30)40(37)44-39(33)34;1-16(2,3)11-13-9-10-15(17-12-13)14-7-5-4-6-8-14;/h5-19,21-26H,1-4H3;4-7,9-10,12H,11H2,1-3H3;/q2*-1;/i;11D2;. The van der Waals surface area contributed by atoms with Crippen LogP contribution in [0.5, 0.6) is 0 Å². The van der Waals surface area contributed by atoms with Crippen LogP contribution in [-0.2, 0) is 26.5 Å². The van der Waals surface area contributed by atoms with Gasteiger partial charge in [-0.25, -0.2) is 0 Å². The zero-order valence-electron chi connectivity index (χ0n) is 38.2. The summed E-state index contributed by atoms with van der Waals surface area (Å²) in [5.41, 5.74) is 10.7. The summed E-state index contributed by atoms with van der Waals surface area (Å²) in [4.78, 5) is 9.32. The maximum absolute atomic E-state index is 8.21. The van der Waals surface area contributed by atoms with Crippen molar-refractivity contribution in [1.82, 2.24) is 14.5 Å². The first kappa shape index (κ1) is 40.0. The molecule has 0 aliphatic heterocycles. The summed E-state index contributed by atoms with van der Waals surface area (Å²) >= 11 is 0. The number of furan rings is 1. The third kappa shape index (κ3) is 8.28. The van der Waals surface area contributed by atoms with E-state index < -0.39 is 11.8 Å². The summed E-state index contributed by atoms with van der Waals surface area (Å²) in [5.74, 6) is 1.45. The van der Waals surface area contributed by atoms with Crippen molar-refractivity contribution in [2.24, 2.45) is 5.41 Å². The van der Waals surface area contributed by atoms with E-state index in [1.54, 1.807) is 6.20 Å². The van der Waals surface area contributed by atoms with Gasteiger partial charge in [-0.1, -0.05) is 150 Å². The second-order valence-corrected chi connectivity index (χ2v) is 17.4. The summed E-state index contributed by atoms with van der Waals surface area (Å²) in [7, 11) is 0. The van der Waals surface area contributed by atoms with Crippen LogP contribution in [-0.4, -0.2) is 14.5 Å². The van der Waals surface area contributed by atoms with Crippen molar-refractivity contribution in [3.05, 3.63) is 187 Å². The van der Waals surface area contributed by atoms with Gasteiger partial charge < -0.3 is 14.0 Å². The molecule has 7 aromatic carbocycles. The second-order valence-electron chi connectivity index (χ2n) is 17.4. The third-order valence-corrected chi connectivity index (χ3v) is 11.2. The summed E-state index contributed by atoms with van der Waals surface area (Å²) in [6, 6.07) is 54.7. The van der Waals surface area contributed by atoms with Gasteiger partial charge in [-0.3, -0.25) is 4.98 Å². The van der Waals surface area contributed by atoms with Crippen molar-refractivity contribution < 1.29 is 27.3 Å². The monoisotopic (exact) mass is 988 g/mol. The molecule has 1 radical (unpaired) electrons. The maximum Gasteiger partial charge on any atom is 0.129 e. The molecule has 0 aliphatic carbocycles. The minimum absolute atomic E-state index is 0. The number of pyridine rings is 1. The fourth-order valence-electron chi connectivity index (χ4n) is 8.46.